The predicted molar refractivity (Wildman–Crippen MR) is 84.0 cm³/mol. The Bertz CT molecular complexity index is 617. The monoisotopic (exact) mass is 319 g/mol. The van der Waals surface area contributed by atoms with Crippen molar-refractivity contribution in [1.82, 2.24) is 4.90 Å². The number of rotatable bonds is 4. The van der Waals surface area contributed by atoms with Gasteiger partial charge in [0.25, 0.3) is 5.69 Å². The van der Waals surface area contributed by atoms with E-state index in [0.29, 0.717) is 24.8 Å². The summed E-state index contributed by atoms with van der Waals surface area (Å²) in [4.78, 5) is 24.4. The lowest BCUT2D eigenvalue weighted by molar-refractivity contribution is -0.385. The first-order valence-corrected chi connectivity index (χ1v) is 7.99. The maximum atomic E-state index is 11.3. The quantitative estimate of drug-likeness (QED) is 0.674. The van der Waals surface area contributed by atoms with Crippen LogP contribution in [-0.2, 0) is 11.3 Å². The molecule has 7 nitrogen and oxygen atoms in total. The largest absolute Gasteiger partial charge is 0.375 e. The Morgan fingerprint density at radius 1 is 1.39 bits per heavy atom. The lowest BCUT2D eigenvalue weighted by Gasteiger charge is -2.43. The smallest absolute Gasteiger partial charge is 0.274 e. The van der Waals surface area contributed by atoms with Crippen molar-refractivity contribution in [3.05, 3.63) is 39.4 Å². The molecule has 0 unspecified atom stereocenters. The number of nitrogens with two attached hydrogens (primary N) is 1. The number of benzene rings is 1. The van der Waals surface area contributed by atoms with Crippen molar-refractivity contribution >= 4 is 11.6 Å². The summed E-state index contributed by atoms with van der Waals surface area (Å²) in [6.07, 6.45) is 4.72. The first-order valence-electron chi connectivity index (χ1n) is 7.99. The Morgan fingerprint density at radius 3 is 2.91 bits per heavy atom. The fourth-order valence-electron chi connectivity index (χ4n) is 3.61. The van der Waals surface area contributed by atoms with Gasteiger partial charge < -0.3 is 10.5 Å². The molecule has 7 heteroatoms. The molecule has 23 heavy (non-hydrogen) atoms. The van der Waals surface area contributed by atoms with Gasteiger partial charge in [0.05, 0.1) is 17.6 Å². The number of ether oxygens (including phenoxy) is 1. The molecule has 1 heterocycles. The van der Waals surface area contributed by atoms with Gasteiger partial charge in [-0.25, -0.2) is 0 Å². The van der Waals surface area contributed by atoms with Crippen LogP contribution in [0.15, 0.2) is 18.2 Å². The van der Waals surface area contributed by atoms with Crippen LogP contribution in [-0.4, -0.2) is 41.0 Å². The number of carbonyl (C=O) groups excluding carboxylic acids is 1. The molecule has 1 aliphatic carbocycles. The fraction of sp³-hybridized carbons (Fsp3) is 0.562. The zero-order chi connectivity index (χ0) is 16.4. The van der Waals surface area contributed by atoms with Crippen molar-refractivity contribution < 1.29 is 14.5 Å². The number of amides is 1. The Morgan fingerprint density at radius 2 is 2.17 bits per heavy atom. The molecule has 2 atom stereocenters. The van der Waals surface area contributed by atoms with Crippen LogP contribution in [0.5, 0.6) is 0 Å². The average molecular weight is 319 g/mol. The van der Waals surface area contributed by atoms with Crippen LogP contribution < -0.4 is 5.73 Å². The average Bonchev–Trinajstić information content (AvgIpc) is 2.55. The van der Waals surface area contributed by atoms with E-state index in [1.807, 2.05) is 0 Å². The number of primary amides is 1. The number of fused-ring (bicyclic) bond motifs is 1. The predicted octanol–water partition coefficient (Wildman–Crippen LogP) is 1.84. The SMILES string of the molecule is NC(=O)c1ccc(CN2CCO[C@@H]3CCCC[C@@H]32)c([N+](=O)[O-])c1. The number of hydrogen-bond donors (Lipinski definition) is 1. The van der Waals surface area contributed by atoms with E-state index in [2.05, 4.69) is 4.90 Å². The van der Waals surface area contributed by atoms with Gasteiger partial charge in [0.15, 0.2) is 0 Å². The van der Waals surface area contributed by atoms with Gasteiger partial charge in [-0.2, -0.15) is 0 Å². The van der Waals surface area contributed by atoms with Crippen molar-refractivity contribution in [3.8, 4) is 0 Å². The molecule has 124 valence electrons. The van der Waals surface area contributed by atoms with Crippen LogP contribution in [0, 0.1) is 10.1 Å². The van der Waals surface area contributed by atoms with Crippen LogP contribution >= 0.6 is 0 Å². The third-order valence-electron chi connectivity index (χ3n) is 4.79. The van der Waals surface area contributed by atoms with Crippen LogP contribution in [0.3, 0.4) is 0 Å². The zero-order valence-electron chi connectivity index (χ0n) is 12.9. The molecule has 0 spiro atoms. The highest BCUT2D eigenvalue weighted by atomic mass is 16.6. The van der Waals surface area contributed by atoms with Gasteiger partial charge in [-0.15, -0.1) is 0 Å². The van der Waals surface area contributed by atoms with Crippen molar-refractivity contribution in [3.63, 3.8) is 0 Å². The molecule has 2 fully saturated rings. The van der Waals surface area contributed by atoms with Gasteiger partial charge in [0.2, 0.25) is 5.91 Å². The summed E-state index contributed by atoms with van der Waals surface area (Å²) in [5.41, 5.74) is 5.96. The number of carbonyl (C=O) groups is 1. The van der Waals surface area contributed by atoms with Crippen molar-refractivity contribution in [2.75, 3.05) is 13.2 Å². The molecular formula is C16H21N3O4. The maximum Gasteiger partial charge on any atom is 0.274 e. The maximum absolute atomic E-state index is 11.3. The van der Waals surface area contributed by atoms with E-state index in [1.165, 1.54) is 18.9 Å². The zero-order valence-corrected chi connectivity index (χ0v) is 12.9. The summed E-state index contributed by atoms with van der Waals surface area (Å²) < 4.78 is 5.84. The molecule has 1 aromatic rings. The van der Waals surface area contributed by atoms with Crippen molar-refractivity contribution in [1.29, 1.82) is 0 Å². The van der Waals surface area contributed by atoms with E-state index < -0.39 is 10.8 Å². The lowest BCUT2D eigenvalue weighted by Crippen LogP contribution is -2.52. The van der Waals surface area contributed by atoms with Gasteiger partial charge in [0.1, 0.15) is 0 Å². The summed E-state index contributed by atoms with van der Waals surface area (Å²) in [6.45, 7) is 1.93. The van der Waals surface area contributed by atoms with E-state index in [0.717, 1.165) is 19.4 Å². The molecule has 3 rings (SSSR count). The Balaban J connectivity index is 1.83. The highest BCUT2D eigenvalue weighted by molar-refractivity contribution is 5.93. The summed E-state index contributed by atoms with van der Waals surface area (Å²) in [5.74, 6) is -0.654. The molecule has 0 bridgehead atoms. The number of nitrogens with zero attached hydrogens (tertiary/aromatic N) is 2. The lowest BCUT2D eigenvalue weighted by atomic mass is 9.90. The highest BCUT2D eigenvalue weighted by Gasteiger charge is 2.34. The fourth-order valence-corrected chi connectivity index (χ4v) is 3.61. The van der Waals surface area contributed by atoms with E-state index in [1.54, 1.807) is 12.1 Å². The summed E-state index contributed by atoms with van der Waals surface area (Å²) in [6, 6.07) is 4.80. The second kappa shape index (κ2) is 6.64. The second-order valence-corrected chi connectivity index (χ2v) is 6.20. The molecule has 1 aromatic carbocycles. The summed E-state index contributed by atoms with van der Waals surface area (Å²) in [7, 11) is 0. The Labute approximate surface area is 134 Å². The number of morpholine rings is 1. The molecule has 1 saturated heterocycles. The highest BCUT2D eigenvalue weighted by Crippen LogP contribution is 2.31. The van der Waals surface area contributed by atoms with Crippen molar-refractivity contribution in [2.45, 2.75) is 44.4 Å². The molecule has 2 aliphatic rings. The topological polar surface area (TPSA) is 98.7 Å². The summed E-state index contributed by atoms with van der Waals surface area (Å²) in [5, 5.41) is 11.3. The van der Waals surface area contributed by atoms with Crippen LogP contribution in [0.2, 0.25) is 0 Å². The third kappa shape index (κ3) is 3.35. The van der Waals surface area contributed by atoms with E-state index in [-0.39, 0.29) is 17.4 Å². The minimum absolute atomic E-state index is 0.0415. The van der Waals surface area contributed by atoms with Gasteiger partial charge in [-0.1, -0.05) is 18.9 Å². The molecule has 0 radical (unpaired) electrons. The Hall–Kier alpha value is -1.99. The molecule has 0 aromatic heterocycles. The minimum atomic E-state index is -0.654. The number of hydrogen-bond acceptors (Lipinski definition) is 5. The van der Waals surface area contributed by atoms with Gasteiger partial charge in [-0.05, 0) is 18.9 Å². The third-order valence-corrected chi connectivity index (χ3v) is 4.79. The second-order valence-electron chi connectivity index (χ2n) is 6.20. The molecule has 2 N–H and O–H groups in total. The normalized spacial score (nSPS) is 24.9. The number of nitro groups is 1. The minimum Gasteiger partial charge on any atom is -0.375 e. The van der Waals surface area contributed by atoms with E-state index >= 15 is 0 Å². The number of nitro benzene ring substituents is 1. The van der Waals surface area contributed by atoms with E-state index in [4.69, 9.17) is 10.5 Å². The molecule has 1 aliphatic heterocycles. The Kier molecular flexibility index (Phi) is 4.58. The first kappa shape index (κ1) is 15.9. The first-order chi connectivity index (χ1) is 11.1. The van der Waals surface area contributed by atoms with E-state index in [9.17, 15) is 14.9 Å². The molecule has 1 amide bonds. The molecule has 1 saturated carbocycles. The van der Waals surface area contributed by atoms with Gasteiger partial charge in [0, 0.05) is 36.3 Å². The summed E-state index contributed by atoms with van der Waals surface area (Å²) >= 11 is 0. The standard InChI is InChI=1S/C16H21N3O4/c17-16(20)11-5-6-12(14(9-11)19(21)22)10-18-7-8-23-15-4-2-1-3-13(15)18/h5-6,9,13,15H,1-4,7-8,10H2,(H2,17,20)/t13-,15+/m0/s1. The van der Waals surface area contributed by atoms with Crippen LogP contribution in [0.1, 0.15) is 41.6 Å². The van der Waals surface area contributed by atoms with Crippen LogP contribution in [0.25, 0.3) is 0 Å². The molecular weight excluding hydrogens is 298 g/mol. The van der Waals surface area contributed by atoms with Crippen molar-refractivity contribution in [2.24, 2.45) is 5.73 Å². The van der Waals surface area contributed by atoms with Crippen LogP contribution in [0.4, 0.5) is 5.69 Å². The van der Waals surface area contributed by atoms with Gasteiger partial charge in [-0.3, -0.25) is 19.8 Å². The van der Waals surface area contributed by atoms with Gasteiger partial charge >= 0.3 is 0 Å².